The molecule has 3 aromatic carbocycles. The Morgan fingerprint density at radius 1 is 0.644 bits per heavy atom. The van der Waals surface area contributed by atoms with Crippen molar-refractivity contribution in [3.63, 3.8) is 0 Å². The Balaban J connectivity index is 0.000000219. The normalized spacial score (nSPS) is 18.5. The quantitative estimate of drug-likeness (QED) is 0.0281. The van der Waals surface area contributed by atoms with E-state index in [-0.39, 0.29) is 80.6 Å². The zero-order valence-corrected chi connectivity index (χ0v) is 45.2. The molecule has 5 N–H and O–H groups in total. The highest BCUT2D eigenvalue weighted by Gasteiger charge is 2.48. The number of carbonyl (C=O) groups is 6. The second kappa shape index (κ2) is 30.8. The van der Waals surface area contributed by atoms with Crippen LogP contribution in [0.1, 0.15) is 107 Å². The van der Waals surface area contributed by atoms with Crippen LogP contribution in [0.3, 0.4) is 0 Å². The number of amides is 7. The maximum atomic E-state index is 14.0. The molecule has 6 aliphatic rings. The van der Waals surface area contributed by atoms with Crippen LogP contribution >= 0.6 is 0 Å². The highest BCUT2D eigenvalue weighted by Crippen LogP contribution is 2.40. The Bertz CT molecular complexity index is 3330. The molecule has 6 aliphatic heterocycles. The van der Waals surface area contributed by atoms with Crippen LogP contribution in [0.2, 0.25) is 0 Å². The predicted octanol–water partition coefficient (Wildman–Crippen LogP) is 9.68. The number of nitrogens with one attached hydrogen (secondary N) is 3. The summed E-state index contributed by atoms with van der Waals surface area (Å²) >= 11 is 0. The van der Waals surface area contributed by atoms with E-state index in [1.54, 1.807) is 0 Å². The molecular weight excluding hydrogens is 1140 g/mol. The number of hydrogen-bond acceptors (Lipinski definition) is 16. The van der Waals surface area contributed by atoms with Gasteiger partial charge in [-0.15, -0.1) is 0 Å². The van der Waals surface area contributed by atoms with E-state index in [2.05, 4.69) is 53.9 Å². The van der Waals surface area contributed by atoms with Gasteiger partial charge in [-0.1, -0.05) is 46.5 Å². The van der Waals surface area contributed by atoms with Crippen molar-refractivity contribution in [1.29, 1.82) is 0 Å². The molecule has 0 aliphatic carbocycles. The van der Waals surface area contributed by atoms with Gasteiger partial charge in [0.2, 0.25) is 0 Å². The van der Waals surface area contributed by atoms with Crippen molar-refractivity contribution in [3.05, 3.63) is 188 Å². The molecule has 2 fully saturated rings. The van der Waals surface area contributed by atoms with E-state index in [0.29, 0.717) is 29.7 Å². The molecule has 26 heteroatoms. The third kappa shape index (κ3) is 16.0. The van der Waals surface area contributed by atoms with Crippen LogP contribution in [0.15, 0.2) is 132 Å². The third-order valence-corrected chi connectivity index (χ3v) is 15.0. The van der Waals surface area contributed by atoms with Gasteiger partial charge in [0.15, 0.2) is 23.3 Å². The average Bonchev–Trinajstić information content (AvgIpc) is 1.90. The van der Waals surface area contributed by atoms with Gasteiger partial charge in [-0.3, -0.25) is 20.1 Å². The first-order chi connectivity index (χ1) is 40.6. The summed E-state index contributed by atoms with van der Waals surface area (Å²) in [4.78, 5) is 101. The summed E-state index contributed by atoms with van der Waals surface area (Å²) in [5.74, 6) is -5.22. The largest absolute Gasteiger partial charge is 0.456 e. The van der Waals surface area contributed by atoms with E-state index in [1.807, 2.05) is 30.6 Å². The third-order valence-electron chi connectivity index (χ3n) is 15.0. The lowest BCUT2D eigenvalue weighted by molar-refractivity contribution is -0.384. The van der Waals surface area contributed by atoms with Gasteiger partial charge in [0, 0.05) is 54.3 Å². The molecule has 7 amide bonds. The number of halogens is 4. The van der Waals surface area contributed by atoms with Crippen molar-refractivity contribution in [1.82, 2.24) is 45.5 Å². The summed E-state index contributed by atoms with van der Waals surface area (Å²) in [6.07, 6.45) is 8.74. The molecule has 2 unspecified atom stereocenters. The van der Waals surface area contributed by atoms with Gasteiger partial charge in [-0.05, 0) is 156 Å². The molecule has 2 atom stereocenters. The first kappa shape index (κ1) is 67.0. The minimum absolute atomic E-state index is 0. The molecule has 464 valence electrons. The summed E-state index contributed by atoms with van der Waals surface area (Å²) in [5.41, 5.74) is 7.87. The molecule has 2 saturated heterocycles. The molecule has 11 rings (SSSR count). The average molecular weight is 1210 g/mol. The number of nitro benzene ring substituents is 1. The number of benzene rings is 3. The summed E-state index contributed by atoms with van der Waals surface area (Å²) in [6.45, 7) is 6.87. The van der Waals surface area contributed by atoms with Gasteiger partial charge in [0.25, 0.3) is 5.69 Å². The van der Waals surface area contributed by atoms with Crippen molar-refractivity contribution < 1.29 is 65.5 Å². The summed E-state index contributed by atoms with van der Waals surface area (Å²) in [6, 6.07) is 17.1. The van der Waals surface area contributed by atoms with Crippen LogP contribution in [0.5, 0.6) is 5.75 Å². The Morgan fingerprint density at radius 2 is 1.10 bits per heavy atom. The second-order valence-corrected chi connectivity index (χ2v) is 20.3. The monoisotopic (exact) mass is 1210 g/mol. The van der Waals surface area contributed by atoms with Crippen molar-refractivity contribution in [2.45, 2.75) is 84.7 Å². The smallest absolute Gasteiger partial charge is 0.424 e. The highest BCUT2D eigenvalue weighted by molar-refractivity contribution is 6.04. The molecular formula is C61H71F4N11O11. The minimum Gasteiger partial charge on any atom is -0.456 e. The number of ether oxygens (including phenoxy) is 3. The van der Waals surface area contributed by atoms with Gasteiger partial charge >= 0.3 is 36.1 Å². The van der Waals surface area contributed by atoms with Crippen molar-refractivity contribution in [3.8, 4) is 5.75 Å². The number of nitrogens with zero attached hydrogens (tertiary/aromatic N) is 7. The summed E-state index contributed by atoms with van der Waals surface area (Å²) < 4.78 is 69.9. The van der Waals surface area contributed by atoms with Gasteiger partial charge < -0.3 is 45.7 Å². The van der Waals surface area contributed by atoms with Crippen LogP contribution in [-0.2, 0) is 19.1 Å². The molecule has 0 spiro atoms. The number of cyclic esters (lactones) is 2. The topological polar surface area (TPSA) is 274 Å². The zero-order valence-electron chi connectivity index (χ0n) is 45.2. The number of piperidine rings is 2. The second-order valence-electron chi connectivity index (χ2n) is 20.3. The summed E-state index contributed by atoms with van der Waals surface area (Å²) in [5, 5.41) is 18.3. The first-order valence-electron chi connectivity index (χ1n) is 27.2. The number of hydrogen-bond donors (Lipinski definition) is 4. The SMILES string of the molecule is C.C.C.NCCCN1CCC(c2ccccn2)CC1.O=C1OCC2=C1C(c1ccc(F)c(F)c1)N(C(=O)NCCCN1CCC(c3ccccn3)CC1)C(=O)N2.O=C1OCC2=C1C(c1ccc(F)c(F)c1)N(C(=O)Oc1ccc([N+](=O)[O-])cc1)C(=O)N2. The number of nitrogens with two attached hydrogens (primary N) is 1. The van der Waals surface area contributed by atoms with Crippen LogP contribution < -0.4 is 26.4 Å². The number of urea groups is 3. The number of imide groups is 2. The number of pyridine rings is 2. The number of rotatable bonds is 13. The lowest BCUT2D eigenvalue weighted by Gasteiger charge is -2.34. The molecule has 5 aromatic rings. The molecule has 0 saturated carbocycles. The highest BCUT2D eigenvalue weighted by atomic mass is 19.2. The van der Waals surface area contributed by atoms with E-state index in [1.165, 1.54) is 37.7 Å². The van der Waals surface area contributed by atoms with Crippen molar-refractivity contribution in [2.75, 3.05) is 65.6 Å². The van der Waals surface area contributed by atoms with E-state index in [4.69, 9.17) is 19.9 Å². The minimum atomic E-state index is -1.45. The maximum Gasteiger partial charge on any atom is 0.424 e. The summed E-state index contributed by atoms with van der Waals surface area (Å²) in [7, 11) is 0. The number of aromatic nitrogens is 2. The van der Waals surface area contributed by atoms with E-state index in [0.717, 1.165) is 117 Å². The predicted molar refractivity (Wildman–Crippen MR) is 311 cm³/mol. The van der Waals surface area contributed by atoms with Gasteiger partial charge in [-0.2, -0.15) is 0 Å². The fraction of sp³-hybridized carbons (Fsp3) is 0.377. The van der Waals surface area contributed by atoms with Crippen LogP contribution in [0, 0.1) is 33.4 Å². The Labute approximate surface area is 500 Å². The van der Waals surface area contributed by atoms with Crippen LogP contribution in [-0.4, -0.2) is 136 Å². The lowest BCUT2D eigenvalue weighted by Crippen LogP contribution is -2.54. The molecule has 0 radical (unpaired) electrons. The number of carbonyl (C=O) groups excluding carboxylic acids is 6. The number of esters is 2. The molecule has 2 aromatic heterocycles. The molecule has 8 heterocycles. The van der Waals surface area contributed by atoms with Crippen molar-refractivity contribution in [2.24, 2.45) is 5.73 Å². The van der Waals surface area contributed by atoms with E-state index in [9.17, 15) is 56.4 Å². The van der Waals surface area contributed by atoms with Gasteiger partial charge in [0.1, 0.15) is 31.0 Å². The standard InChI is InChI=1S/C26H27F2N5O4.C19H11F2N3O7.C13H21N3.3CH4/c27-18-6-5-17(14-19(18)28)23-22-21(15-37-24(22)34)31-26(36)33(23)25(35)30-10-3-11-32-12-7-16(8-13-32)20-4-1-2-9-29-20;20-12-6-1-9(7-13(12)21)16-15-14(8-30-17(15)25)22-18(26)23(16)19(27)31-11-4-2-10(3-5-11)24(28)29;14-7-3-9-16-10-5-12(6-11-16)13-4-1-2-8-15-13;;;/h1-2,4-6,9,14,16,23H,3,7-8,10-13,15H2,(H,30,35)(H,31,36);1-7,16H,8H2,(H,22,26);1-2,4,8,12H,3,5-7,9-11,14H2;3*1H4. The number of non-ortho nitro benzene ring substituents is 1. The van der Waals surface area contributed by atoms with E-state index >= 15 is 0 Å². The van der Waals surface area contributed by atoms with Crippen LogP contribution in [0.25, 0.3) is 0 Å². The fourth-order valence-corrected chi connectivity index (χ4v) is 10.7. The Kier molecular flexibility index (Phi) is 23.7. The van der Waals surface area contributed by atoms with Gasteiger partial charge in [0.05, 0.1) is 27.5 Å². The first-order valence-corrected chi connectivity index (χ1v) is 27.2. The Morgan fingerprint density at radius 3 is 1.54 bits per heavy atom. The maximum absolute atomic E-state index is 14.0. The lowest BCUT2D eigenvalue weighted by atomic mass is 9.93. The number of nitro groups is 1. The molecule has 22 nitrogen and oxygen atoms in total. The van der Waals surface area contributed by atoms with Gasteiger partial charge in [-0.25, -0.2) is 56.1 Å². The molecule has 87 heavy (non-hydrogen) atoms. The Hall–Kier alpha value is -9.14. The fourth-order valence-electron chi connectivity index (χ4n) is 10.7. The van der Waals surface area contributed by atoms with Crippen LogP contribution in [0.4, 0.5) is 42.4 Å². The van der Waals surface area contributed by atoms with Crippen molar-refractivity contribution >= 4 is 41.8 Å². The zero-order chi connectivity index (χ0) is 59.4. The van der Waals surface area contributed by atoms with E-state index < -0.39 is 76.4 Å². The number of likely N-dealkylation sites (tertiary alicyclic amines) is 2. The molecule has 0 bridgehead atoms.